The molecule has 0 saturated carbocycles. The number of aryl methyl sites for hydroxylation is 2. The summed E-state index contributed by atoms with van der Waals surface area (Å²) in [6, 6.07) is 25.7. The maximum absolute atomic E-state index is 13.2. The van der Waals surface area contributed by atoms with Crippen molar-refractivity contribution in [3.05, 3.63) is 108 Å². The predicted octanol–water partition coefficient (Wildman–Crippen LogP) is 5.96. The van der Waals surface area contributed by atoms with E-state index < -0.39 is 5.25 Å². The molecule has 1 unspecified atom stereocenters. The van der Waals surface area contributed by atoms with Crippen LogP contribution in [0.3, 0.4) is 0 Å². The molecule has 3 aromatic carbocycles. The van der Waals surface area contributed by atoms with Crippen LogP contribution in [0.4, 0.5) is 5.69 Å². The number of para-hydroxylation sites is 1. The molecule has 1 atom stereocenters. The first-order valence-corrected chi connectivity index (χ1v) is 10.7. The zero-order valence-corrected chi connectivity index (χ0v) is 17.8. The summed E-state index contributed by atoms with van der Waals surface area (Å²) < 4.78 is 2.05. The zero-order chi connectivity index (χ0) is 20.9. The first-order chi connectivity index (χ1) is 14.6. The number of carbonyl (C=O) groups excluding carboxylic acids is 1. The number of imidazole rings is 1. The van der Waals surface area contributed by atoms with E-state index in [9.17, 15) is 4.79 Å². The highest BCUT2D eigenvalue weighted by Gasteiger charge is 2.24. The smallest absolute Gasteiger partial charge is 0.242 e. The first-order valence-electron chi connectivity index (χ1n) is 9.80. The van der Waals surface area contributed by atoms with E-state index in [4.69, 9.17) is 0 Å². The van der Waals surface area contributed by atoms with Gasteiger partial charge in [-0.1, -0.05) is 72.4 Å². The van der Waals surface area contributed by atoms with Gasteiger partial charge in [0.15, 0.2) is 5.16 Å². The van der Waals surface area contributed by atoms with E-state index in [0.29, 0.717) is 0 Å². The van der Waals surface area contributed by atoms with E-state index in [0.717, 1.165) is 27.7 Å². The third-order valence-corrected chi connectivity index (χ3v) is 6.07. The monoisotopic (exact) mass is 413 g/mol. The zero-order valence-electron chi connectivity index (χ0n) is 16.9. The Labute approximate surface area is 181 Å². The second-order valence-corrected chi connectivity index (χ2v) is 8.21. The van der Waals surface area contributed by atoms with Gasteiger partial charge in [-0.25, -0.2) is 4.98 Å². The molecule has 0 spiro atoms. The number of nitrogens with one attached hydrogen (secondary N) is 1. The van der Waals surface area contributed by atoms with Gasteiger partial charge in [0.1, 0.15) is 5.25 Å². The summed E-state index contributed by atoms with van der Waals surface area (Å²) in [5.74, 6) is -0.0760. The second kappa shape index (κ2) is 9.01. The molecule has 30 heavy (non-hydrogen) atoms. The lowest BCUT2D eigenvalue weighted by Crippen LogP contribution is -2.19. The first kappa shape index (κ1) is 20.0. The van der Waals surface area contributed by atoms with Gasteiger partial charge in [0.25, 0.3) is 0 Å². The van der Waals surface area contributed by atoms with Crippen molar-refractivity contribution in [3.63, 3.8) is 0 Å². The van der Waals surface area contributed by atoms with Gasteiger partial charge in [0.05, 0.1) is 5.69 Å². The number of thioether (sulfide) groups is 1. The van der Waals surface area contributed by atoms with Crippen LogP contribution in [-0.4, -0.2) is 15.5 Å². The topological polar surface area (TPSA) is 46.9 Å². The second-order valence-electron chi connectivity index (χ2n) is 7.13. The summed E-state index contributed by atoms with van der Waals surface area (Å²) in [5.41, 5.74) is 5.13. The highest BCUT2D eigenvalue weighted by Crippen LogP contribution is 2.36. The Morgan fingerprint density at radius 2 is 1.67 bits per heavy atom. The number of hydrogen-bond donors (Lipinski definition) is 1. The molecule has 0 aliphatic carbocycles. The quantitative estimate of drug-likeness (QED) is 0.397. The van der Waals surface area contributed by atoms with E-state index in [-0.39, 0.29) is 5.91 Å². The van der Waals surface area contributed by atoms with Crippen molar-refractivity contribution in [2.24, 2.45) is 0 Å². The number of nitrogens with zero attached hydrogens (tertiary/aromatic N) is 2. The molecule has 1 aromatic heterocycles. The minimum Gasteiger partial charge on any atom is -0.325 e. The van der Waals surface area contributed by atoms with Crippen molar-refractivity contribution in [2.45, 2.75) is 24.3 Å². The lowest BCUT2D eigenvalue weighted by Gasteiger charge is -2.18. The Morgan fingerprint density at radius 1 is 0.967 bits per heavy atom. The predicted molar refractivity (Wildman–Crippen MR) is 123 cm³/mol. The summed E-state index contributed by atoms with van der Waals surface area (Å²) in [5, 5.41) is 3.38. The van der Waals surface area contributed by atoms with Gasteiger partial charge in [-0.3, -0.25) is 9.36 Å². The maximum Gasteiger partial charge on any atom is 0.242 e. The molecule has 0 radical (unpaired) electrons. The molecular weight excluding hydrogens is 390 g/mol. The molecule has 0 fully saturated rings. The van der Waals surface area contributed by atoms with Crippen molar-refractivity contribution in [1.29, 1.82) is 0 Å². The molecule has 1 N–H and O–H groups in total. The van der Waals surface area contributed by atoms with Gasteiger partial charge in [0, 0.05) is 18.1 Å². The van der Waals surface area contributed by atoms with E-state index in [2.05, 4.69) is 46.9 Å². The Bertz CT molecular complexity index is 1140. The molecule has 0 bridgehead atoms. The number of carbonyl (C=O) groups is 1. The van der Waals surface area contributed by atoms with Gasteiger partial charge in [0.2, 0.25) is 5.91 Å². The third-order valence-electron chi connectivity index (χ3n) is 4.84. The van der Waals surface area contributed by atoms with Crippen molar-refractivity contribution in [2.75, 3.05) is 5.32 Å². The van der Waals surface area contributed by atoms with E-state index in [1.54, 1.807) is 6.20 Å². The number of hydrogen-bond acceptors (Lipinski definition) is 3. The average molecular weight is 414 g/mol. The lowest BCUT2D eigenvalue weighted by atomic mass is 10.1. The Morgan fingerprint density at radius 3 is 2.40 bits per heavy atom. The number of anilines is 1. The van der Waals surface area contributed by atoms with Crippen molar-refractivity contribution < 1.29 is 4.79 Å². The molecular formula is C25H23N3OS. The highest BCUT2D eigenvalue weighted by atomic mass is 32.2. The number of rotatable bonds is 6. The van der Waals surface area contributed by atoms with Crippen LogP contribution in [0.15, 0.2) is 96.4 Å². The minimum atomic E-state index is -0.433. The van der Waals surface area contributed by atoms with E-state index in [1.807, 2.05) is 66.9 Å². The summed E-state index contributed by atoms with van der Waals surface area (Å²) in [6.45, 7) is 4.16. The molecule has 0 aliphatic heterocycles. The summed E-state index contributed by atoms with van der Waals surface area (Å²) in [6.07, 6.45) is 3.72. The average Bonchev–Trinajstić information content (AvgIpc) is 3.23. The fourth-order valence-corrected chi connectivity index (χ4v) is 4.34. The fraction of sp³-hybridized carbons (Fsp3) is 0.120. The molecule has 0 saturated heterocycles. The fourth-order valence-electron chi connectivity index (χ4n) is 3.27. The van der Waals surface area contributed by atoms with Crippen LogP contribution in [0.5, 0.6) is 0 Å². The standard InChI is InChI=1S/C25H23N3OS/c1-18-13-14-19(2)22(17-18)28-16-15-26-25(28)30-23(20-9-5-3-6-10-20)24(29)27-21-11-7-4-8-12-21/h3-17,23H,1-2H3,(H,27,29). The molecule has 150 valence electrons. The maximum atomic E-state index is 13.2. The van der Waals surface area contributed by atoms with Gasteiger partial charge < -0.3 is 5.32 Å². The van der Waals surface area contributed by atoms with Crippen LogP contribution in [0, 0.1) is 13.8 Å². The van der Waals surface area contributed by atoms with Gasteiger partial charge in [-0.05, 0) is 48.7 Å². The Kier molecular flexibility index (Phi) is 6.00. The van der Waals surface area contributed by atoms with Crippen molar-refractivity contribution in [1.82, 2.24) is 9.55 Å². The number of amides is 1. The highest BCUT2D eigenvalue weighted by molar-refractivity contribution is 8.00. The summed E-state index contributed by atoms with van der Waals surface area (Å²) >= 11 is 1.45. The van der Waals surface area contributed by atoms with Gasteiger partial charge >= 0.3 is 0 Å². The van der Waals surface area contributed by atoms with Gasteiger partial charge in [-0.15, -0.1) is 0 Å². The van der Waals surface area contributed by atoms with E-state index in [1.165, 1.54) is 17.3 Å². The summed E-state index contributed by atoms with van der Waals surface area (Å²) in [4.78, 5) is 17.8. The van der Waals surface area contributed by atoms with Crippen LogP contribution in [0.25, 0.3) is 5.69 Å². The molecule has 5 heteroatoms. The number of aromatic nitrogens is 2. The summed E-state index contributed by atoms with van der Waals surface area (Å²) in [7, 11) is 0. The Balaban J connectivity index is 1.68. The Hall–Kier alpha value is -3.31. The van der Waals surface area contributed by atoms with Crippen LogP contribution in [-0.2, 0) is 4.79 Å². The normalized spacial score (nSPS) is 11.8. The lowest BCUT2D eigenvalue weighted by molar-refractivity contribution is -0.115. The van der Waals surface area contributed by atoms with Crippen LogP contribution < -0.4 is 5.32 Å². The van der Waals surface area contributed by atoms with Gasteiger partial charge in [-0.2, -0.15) is 0 Å². The largest absolute Gasteiger partial charge is 0.325 e. The van der Waals surface area contributed by atoms with E-state index >= 15 is 0 Å². The molecule has 0 aliphatic rings. The number of benzene rings is 3. The van der Waals surface area contributed by atoms with Crippen LogP contribution in [0.1, 0.15) is 21.9 Å². The molecule has 4 nitrogen and oxygen atoms in total. The van der Waals surface area contributed by atoms with Crippen molar-refractivity contribution in [3.8, 4) is 5.69 Å². The SMILES string of the molecule is Cc1ccc(C)c(-n2ccnc2SC(C(=O)Nc2ccccc2)c2ccccc2)c1. The molecule has 4 rings (SSSR count). The molecule has 1 amide bonds. The molecule has 4 aromatic rings. The van der Waals surface area contributed by atoms with Crippen molar-refractivity contribution >= 4 is 23.4 Å². The molecule has 1 heterocycles. The minimum absolute atomic E-state index is 0.0760. The van der Waals surface area contributed by atoms with Crippen LogP contribution in [0.2, 0.25) is 0 Å². The third kappa shape index (κ3) is 4.47. The van der Waals surface area contributed by atoms with Crippen LogP contribution >= 0.6 is 11.8 Å².